The third-order valence-corrected chi connectivity index (χ3v) is 6.40. The van der Waals surface area contributed by atoms with Crippen LogP contribution in [-0.4, -0.2) is 49.8 Å². The van der Waals surface area contributed by atoms with E-state index in [9.17, 15) is 13.2 Å². The fraction of sp³-hybridized carbons (Fsp3) is 0.875. The Balaban J connectivity index is 1.78. The summed E-state index contributed by atoms with van der Waals surface area (Å²) in [5.74, 6) is 0.133. The molecule has 6 nitrogen and oxygen atoms in total. The highest BCUT2D eigenvalue weighted by molar-refractivity contribution is 7.91. The average Bonchev–Trinajstić information content (AvgIpc) is 2.50. The summed E-state index contributed by atoms with van der Waals surface area (Å²) in [5, 5.41) is 6.38. The van der Waals surface area contributed by atoms with Gasteiger partial charge < -0.3 is 5.32 Å². The molecule has 23 heavy (non-hydrogen) atoms. The second-order valence-electron chi connectivity index (χ2n) is 6.79. The molecule has 1 amide bonds. The molecule has 2 aliphatic rings. The molecular formula is C16H29N3O3S. The van der Waals surface area contributed by atoms with Gasteiger partial charge in [-0.25, -0.2) is 8.42 Å². The maximum absolute atomic E-state index is 12.2. The summed E-state index contributed by atoms with van der Waals surface area (Å²) in [4.78, 5) is 16.6. The van der Waals surface area contributed by atoms with Crippen LogP contribution in [0.4, 0.5) is 0 Å². The molecule has 1 atom stereocenters. The number of hydrogen-bond donors (Lipinski definition) is 2. The van der Waals surface area contributed by atoms with Crippen LogP contribution < -0.4 is 10.6 Å². The zero-order valence-corrected chi connectivity index (χ0v) is 15.0. The molecule has 1 aliphatic carbocycles. The van der Waals surface area contributed by atoms with Gasteiger partial charge in [-0.15, -0.1) is 0 Å². The van der Waals surface area contributed by atoms with Gasteiger partial charge in [0, 0.05) is 12.1 Å². The van der Waals surface area contributed by atoms with Gasteiger partial charge in [0.2, 0.25) is 0 Å². The SMILES string of the molecule is CC(=NC(C)NC1CCCCC1)C(=O)NC1CCS(=O)(=O)CC1. The fourth-order valence-electron chi connectivity index (χ4n) is 3.32. The summed E-state index contributed by atoms with van der Waals surface area (Å²) in [6.45, 7) is 3.69. The van der Waals surface area contributed by atoms with E-state index in [0.717, 1.165) is 0 Å². The van der Waals surface area contributed by atoms with E-state index in [1.165, 1.54) is 32.1 Å². The fourth-order valence-corrected chi connectivity index (χ4v) is 4.81. The summed E-state index contributed by atoms with van der Waals surface area (Å²) in [7, 11) is -2.90. The van der Waals surface area contributed by atoms with Gasteiger partial charge in [-0.05, 0) is 39.5 Å². The van der Waals surface area contributed by atoms with Crippen molar-refractivity contribution in [2.24, 2.45) is 4.99 Å². The van der Waals surface area contributed by atoms with Gasteiger partial charge in [0.05, 0.1) is 23.4 Å². The molecule has 1 heterocycles. The topological polar surface area (TPSA) is 87.6 Å². The van der Waals surface area contributed by atoms with Crippen molar-refractivity contribution < 1.29 is 13.2 Å². The number of sulfone groups is 1. The lowest BCUT2D eigenvalue weighted by molar-refractivity contribution is -0.115. The van der Waals surface area contributed by atoms with E-state index in [1.54, 1.807) is 6.92 Å². The van der Waals surface area contributed by atoms with Gasteiger partial charge in [-0.1, -0.05) is 19.3 Å². The zero-order chi connectivity index (χ0) is 16.9. The predicted molar refractivity (Wildman–Crippen MR) is 92.4 cm³/mol. The van der Waals surface area contributed by atoms with Crippen molar-refractivity contribution in [2.45, 2.75) is 77.0 Å². The molecule has 2 N–H and O–H groups in total. The highest BCUT2D eigenvalue weighted by atomic mass is 32.2. The molecule has 0 aromatic heterocycles. The number of carbonyl (C=O) groups excluding carboxylic acids is 1. The monoisotopic (exact) mass is 343 g/mol. The minimum atomic E-state index is -2.90. The van der Waals surface area contributed by atoms with Crippen LogP contribution in [0.25, 0.3) is 0 Å². The Morgan fingerprint density at radius 2 is 1.65 bits per heavy atom. The maximum atomic E-state index is 12.2. The lowest BCUT2D eigenvalue weighted by Crippen LogP contribution is -2.44. The van der Waals surface area contributed by atoms with E-state index in [-0.39, 0.29) is 29.6 Å². The van der Waals surface area contributed by atoms with Crippen molar-refractivity contribution >= 4 is 21.5 Å². The third kappa shape index (κ3) is 6.22. The Kier molecular flexibility index (Phi) is 6.59. The highest BCUT2D eigenvalue weighted by Gasteiger charge is 2.25. The van der Waals surface area contributed by atoms with Crippen LogP contribution in [-0.2, 0) is 14.6 Å². The molecule has 2 fully saturated rings. The molecule has 0 aromatic carbocycles. The second-order valence-corrected chi connectivity index (χ2v) is 9.10. The summed E-state index contributed by atoms with van der Waals surface area (Å²) >= 11 is 0. The number of nitrogens with zero attached hydrogens (tertiary/aromatic N) is 1. The molecular weight excluding hydrogens is 314 g/mol. The summed E-state index contributed by atoms with van der Waals surface area (Å²) in [6.07, 6.45) is 7.12. The molecule has 1 saturated heterocycles. The molecule has 1 unspecified atom stereocenters. The molecule has 0 aromatic rings. The molecule has 7 heteroatoms. The van der Waals surface area contributed by atoms with Crippen molar-refractivity contribution in [3.63, 3.8) is 0 Å². The van der Waals surface area contributed by atoms with Crippen LogP contribution in [0.15, 0.2) is 4.99 Å². The highest BCUT2D eigenvalue weighted by Crippen LogP contribution is 2.18. The lowest BCUT2D eigenvalue weighted by Gasteiger charge is -2.25. The van der Waals surface area contributed by atoms with Crippen LogP contribution in [0.1, 0.15) is 58.8 Å². The van der Waals surface area contributed by atoms with Crippen molar-refractivity contribution in [3.05, 3.63) is 0 Å². The summed E-state index contributed by atoms with van der Waals surface area (Å²) in [6, 6.07) is 0.444. The number of aliphatic imine (C=N–C) groups is 1. The Bertz CT molecular complexity index is 525. The number of hydrogen-bond acceptors (Lipinski definition) is 5. The normalized spacial score (nSPS) is 25.0. The Morgan fingerprint density at radius 1 is 1.04 bits per heavy atom. The molecule has 0 spiro atoms. The van der Waals surface area contributed by atoms with Crippen molar-refractivity contribution in [2.75, 3.05) is 11.5 Å². The summed E-state index contributed by atoms with van der Waals surface area (Å²) < 4.78 is 22.8. The van der Waals surface area contributed by atoms with Gasteiger partial charge >= 0.3 is 0 Å². The number of amides is 1. The molecule has 0 bridgehead atoms. The van der Waals surface area contributed by atoms with E-state index in [1.807, 2.05) is 6.92 Å². The Labute approximate surface area is 139 Å². The smallest absolute Gasteiger partial charge is 0.265 e. The number of rotatable bonds is 5. The maximum Gasteiger partial charge on any atom is 0.265 e. The lowest BCUT2D eigenvalue weighted by atomic mass is 9.95. The minimum Gasteiger partial charge on any atom is -0.348 e. The van der Waals surface area contributed by atoms with Gasteiger partial charge in [-0.2, -0.15) is 0 Å². The summed E-state index contributed by atoms with van der Waals surface area (Å²) in [5.41, 5.74) is 0.453. The van der Waals surface area contributed by atoms with E-state index in [4.69, 9.17) is 0 Å². The van der Waals surface area contributed by atoms with Gasteiger partial charge in [0.15, 0.2) is 0 Å². The van der Waals surface area contributed by atoms with Crippen molar-refractivity contribution in [1.82, 2.24) is 10.6 Å². The first-order chi connectivity index (χ1) is 10.9. The third-order valence-electron chi connectivity index (χ3n) is 4.69. The largest absolute Gasteiger partial charge is 0.348 e. The minimum absolute atomic E-state index is 0.0576. The van der Waals surface area contributed by atoms with Gasteiger partial charge in [0.1, 0.15) is 9.84 Å². The van der Waals surface area contributed by atoms with Gasteiger partial charge in [0.25, 0.3) is 5.91 Å². The van der Waals surface area contributed by atoms with Crippen LogP contribution in [0.3, 0.4) is 0 Å². The quantitative estimate of drug-likeness (QED) is 0.739. The van der Waals surface area contributed by atoms with E-state index in [0.29, 0.717) is 24.6 Å². The number of nitrogens with one attached hydrogen (secondary N) is 2. The first kappa shape index (κ1) is 18.4. The van der Waals surface area contributed by atoms with E-state index < -0.39 is 9.84 Å². The second kappa shape index (κ2) is 8.24. The van der Waals surface area contributed by atoms with Crippen molar-refractivity contribution in [3.8, 4) is 0 Å². The first-order valence-electron chi connectivity index (χ1n) is 8.67. The molecule has 0 radical (unpaired) electrons. The van der Waals surface area contributed by atoms with Crippen LogP contribution in [0.5, 0.6) is 0 Å². The van der Waals surface area contributed by atoms with Gasteiger partial charge in [-0.3, -0.25) is 15.1 Å². The zero-order valence-electron chi connectivity index (χ0n) is 14.2. The van der Waals surface area contributed by atoms with E-state index in [2.05, 4.69) is 15.6 Å². The Hall–Kier alpha value is -0.950. The van der Waals surface area contributed by atoms with Crippen LogP contribution >= 0.6 is 0 Å². The van der Waals surface area contributed by atoms with Crippen LogP contribution in [0.2, 0.25) is 0 Å². The van der Waals surface area contributed by atoms with E-state index >= 15 is 0 Å². The Morgan fingerprint density at radius 3 is 2.26 bits per heavy atom. The molecule has 132 valence electrons. The first-order valence-corrected chi connectivity index (χ1v) is 10.5. The average molecular weight is 343 g/mol. The van der Waals surface area contributed by atoms with Crippen LogP contribution in [0, 0.1) is 0 Å². The molecule has 1 aliphatic heterocycles. The predicted octanol–water partition coefficient (Wildman–Crippen LogP) is 1.41. The van der Waals surface area contributed by atoms with Crippen molar-refractivity contribution in [1.29, 1.82) is 0 Å². The number of carbonyl (C=O) groups is 1. The molecule has 1 saturated carbocycles. The molecule has 2 rings (SSSR count). The standard InChI is InChI=1S/C16H29N3O3S/c1-12(17-13(2)18-14-6-4-3-5-7-14)16(20)19-15-8-10-23(21,22)11-9-15/h13-15,18H,3-11H2,1-2H3,(H,19,20).